The molecule has 1 rings (SSSR count). The number of hydrogen-bond donors (Lipinski definition) is 1. The minimum Gasteiger partial charge on any atom is -0.324 e. The van der Waals surface area contributed by atoms with Gasteiger partial charge in [-0.25, -0.2) is 0 Å². The summed E-state index contributed by atoms with van der Waals surface area (Å²) >= 11 is 0. The van der Waals surface area contributed by atoms with Gasteiger partial charge >= 0.3 is 0 Å². The molecule has 0 aliphatic carbocycles. The molecule has 0 aromatic heterocycles. The van der Waals surface area contributed by atoms with Crippen LogP contribution in [0.25, 0.3) is 0 Å². The van der Waals surface area contributed by atoms with Gasteiger partial charge in [0.05, 0.1) is 12.7 Å². The Morgan fingerprint density at radius 1 is 1.53 bits per heavy atom. The van der Waals surface area contributed by atoms with E-state index in [4.69, 9.17) is 0 Å². The minimum absolute atomic E-state index is 0.0200. The van der Waals surface area contributed by atoms with Crippen LogP contribution in [0.1, 0.15) is 20.8 Å². The average molecular weight is 213 g/mol. The lowest BCUT2D eigenvalue weighted by atomic mass is 10.0. The number of likely N-dealkylation sites (N-methyl/N-ethyl adjacent to an activating group) is 1. The molecule has 0 aromatic carbocycles. The summed E-state index contributed by atoms with van der Waals surface area (Å²) in [6.07, 6.45) is 0. The Bertz CT molecular complexity index is 228. The van der Waals surface area contributed by atoms with Gasteiger partial charge in [-0.3, -0.25) is 10.1 Å². The van der Waals surface area contributed by atoms with Crippen LogP contribution in [0, 0.1) is 5.92 Å². The number of amides is 1. The van der Waals surface area contributed by atoms with Crippen molar-refractivity contribution < 1.29 is 4.79 Å². The first kappa shape index (κ1) is 12.5. The van der Waals surface area contributed by atoms with Gasteiger partial charge < -0.3 is 9.80 Å². The number of carbonyl (C=O) groups excluding carboxylic acids is 1. The molecule has 2 unspecified atom stereocenters. The Hall–Kier alpha value is -0.610. The molecular weight excluding hydrogens is 190 g/mol. The van der Waals surface area contributed by atoms with Crippen molar-refractivity contribution in [2.45, 2.75) is 32.9 Å². The molecule has 88 valence electrons. The van der Waals surface area contributed by atoms with Crippen molar-refractivity contribution in [3.8, 4) is 0 Å². The van der Waals surface area contributed by atoms with Gasteiger partial charge in [-0.1, -0.05) is 13.8 Å². The second-order valence-electron chi connectivity index (χ2n) is 4.97. The first-order valence-corrected chi connectivity index (χ1v) is 5.62. The predicted octanol–water partition coefficient (Wildman–Crippen LogP) is 0.350. The largest absolute Gasteiger partial charge is 0.324 e. The first-order chi connectivity index (χ1) is 6.93. The van der Waals surface area contributed by atoms with E-state index in [2.05, 4.69) is 24.1 Å². The molecule has 1 amide bonds. The maximum absolute atomic E-state index is 11.9. The quantitative estimate of drug-likeness (QED) is 0.732. The van der Waals surface area contributed by atoms with Crippen LogP contribution in [-0.2, 0) is 4.79 Å². The van der Waals surface area contributed by atoms with Crippen molar-refractivity contribution >= 4 is 5.91 Å². The Morgan fingerprint density at radius 3 is 2.47 bits per heavy atom. The highest BCUT2D eigenvalue weighted by Crippen LogP contribution is 2.15. The van der Waals surface area contributed by atoms with Crippen LogP contribution < -0.4 is 5.32 Å². The topological polar surface area (TPSA) is 35.6 Å². The molecular formula is C11H23N3O. The van der Waals surface area contributed by atoms with E-state index in [0.717, 1.165) is 6.54 Å². The third kappa shape index (κ3) is 2.92. The summed E-state index contributed by atoms with van der Waals surface area (Å²) in [6.45, 7) is 7.89. The van der Waals surface area contributed by atoms with Crippen molar-refractivity contribution in [1.29, 1.82) is 0 Å². The van der Waals surface area contributed by atoms with Crippen molar-refractivity contribution in [2.24, 2.45) is 5.92 Å². The molecule has 1 saturated heterocycles. The van der Waals surface area contributed by atoms with Gasteiger partial charge in [-0.05, 0) is 26.9 Å². The lowest BCUT2D eigenvalue weighted by Gasteiger charge is -2.32. The van der Waals surface area contributed by atoms with E-state index in [1.807, 2.05) is 25.9 Å². The zero-order chi connectivity index (χ0) is 11.6. The van der Waals surface area contributed by atoms with E-state index in [1.165, 1.54) is 0 Å². The van der Waals surface area contributed by atoms with E-state index in [9.17, 15) is 4.79 Å². The molecule has 0 bridgehead atoms. The Labute approximate surface area is 92.6 Å². The predicted molar refractivity (Wildman–Crippen MR) is 61.5 cm³/mol. The van der Waals surface area contributed by atoms with Crippen LogP contribution in [-0.4, -0.2) is 55.1 Å². The van der Waals surface area contributed by atoms with Crippen molar-refractivity contribution in [3.63, 3.8) is 0 Å². The SMILES string of the molecule is CC1NCN(C(CN(C)C)C(C)C)C1=O. The zero-order valence-electron chi connectivity index (χ0n) is 10.4. The first-order valence-electron chi connectivity index (χ1n) is 5.62. The van der Waals surface area contributed by atoms with Gasteiger partial charge in [-0.2, -0.15) is 0 Å². The smallest absolute Gasteiger partial charge is 0.240 e. The molecule has 0 aromatic rings. The zero-order valence-corrected chi connectivity index (χ0v) is 10.4. The highest BCUT2D eigenvalue weighted by molar-refractivity contribution is 5.83. The fraction of sp³-hybridized carbons (Fsp3) is 0.909. The summed E-state index contributed by atoms with van der Waals surface area (Å²) in [5.74, 6) is 0.721. The minimum atomic E-state index is -0.0200. The Balaban J connectivity index is 2.68. The van der Waals surface area contributed by atoms with Gasteiger partial charge in [0.1, 0.15) is 0 Å². The maximum Gasteiger partial charge on any atom is 0.240 e. The molecule has 1 N–H and O–H groups in total. The van der Waals surface area contributed by atoms with Crippen molar-refractivity contribution in [3.05, 3.63) is 0 Å². The molecule has 4 heteroatoms. The second-order valence-corrected chi connectivity index (χ2v) is 4.97. The molecule has 15 heavy (non-hydrogen) atoms. The van der Waals surface area contributed by atoms with Crippen molar-refractivity contribution in [1.82, 2.24) is 15.1 Å². The second kappa shape index (κ2) is 4.94. The molecule has 0 saturated carbocycles. The summed E-state index contributed by atoms with van der Waals surface area (Å²) in [4.78, 5) is 16.0. The number of carbonyl (C=O) groups is 1. The van der Waals surface area contributed by atoms with Gasteiger partial charge in [0.2, 0.25) is 5.91 Å². The fourth-order valence-electron chi connectivity index (χ4n) is 1.97. The normalized spacial score (nSPS) is 24.3. The van der Waals surface area contributed by atoms with Gasteiger partial charge in [0.15, 0.2) is 0 Å². The number of hydrogen-bond acceptors (Lipinski definition) is 3. The highest BCUT2D eigenvalue weighted by Gasteiger charge is 2.34. The summed E-state index contributed by atoms with van der Waals surface area (Å²) in [5.41, 5.74) is 0. The van der Waals surface area contributed by atoms with Crippen LogP contribution in [0.5, 0.6) is 0 Å². The third-order valence-electron chi connectivity index (χ3n) is 2.94. The van der Waals surface area contributed by atoms with Crippen LogP contribution in [0.15, 0.2) is 0 Å². The van der Waals surface area contributed by atoms with E-state index >= 15 is 0 Å². The van der Waals surface area contributed by atoms with Gasteiger partial charge in [-0.15, -0.1) is 0 Å². The van der Waals surface area contributed by atoms with E-state index in [-0.39, 0.29) is 11.9 Å². The summed E-state index contributed by atoms with van der Waals surface area (Å²) in [7, 11) is 4.10. The Kier molecular flexibility index (Phi) is 4.11. The Morgan fingerprint density at radius 2 is 2.13 bits per heavy atom. The standard InChI is InChI=1S/C11H23N3O/c1-8(2)10(6-13(4)5)14-7-12-9(3)11(14)15/h8-10,12H,6-7H2,1-5H3. The van der Waals surface area contributed by atoms with Crippen LogP contribution in [0.3, 0.4) is 0 Å². The third-order valence-corrected chi connectivity index (χ3v) is 2.94. The highest BCUT2D eigenvalue weighted by atomic mass is 16.2. The molecule has 2 atom stereocenters. The lowest BCUT2D eigenvalue weighted by Crippen LogP contribution is -2.47. The molecule has 1 heterocycles. The van der Waals surface area contributed by atoms with Crippen LogP contribution in [0.2, 0.25) is 0 Å². The maximum atomic E-state index is 11.9. The summed E-state index contributed by atoms with van der Waals surface area (Å²) in [5, 5.41) is 3.19. The van der Waals surface area contributed by atoms with E-state index < -0.39 is 0 Å². The van der Waals surface area contributed by atoms with Crippen LogP contribution >= 0.6 is 0 Å². The van der Waals surface area contributed by atoms with Gasteiger partial charge in [0.25, 0.3) is 0 Å². The lowest BCUT2D eigenvalue weighted by molar-refractivity contribution is -0.131. The van der Waals surface area contributed by atoms with E-state index in [1.54, 1.807) is 0 Å². The molecule has 1 fully saturated rings. The number of nitrogens with zero attached hydrogens (tertiary/aromatic N) is 2. The summed E-state index contributed by atoms with van der Waals surface area (Å²) < 4.78 is 0. The fourth-order valence-corrected chi connectivity index (χ4v) is 1.97. The molecule has 0 radical (unpaired) electrons. The monoisotopic (exact) mass is 213 g/mol. The molecule has 1 aliphatic rings. The van der Waals surface area contributed by atoms with Crippen LogP contribution in [0.4, 0.5) is 0 Å². The van der Waals surface area contributed by atoms with Crippen molar-refractivity contribution in [2.75, 3.05) is 27.3 Å². The van der Waals surface area contributed by atoms with Gasteiger partial charge in [0, 0.05) is 12.6 Å². The molecule has 4 nitrogen and oxygen atoms in total. The summed E-state index contributed by atoms with van der Waals surface area (Å²) in [6, 6.07) is 0.290. The number of rotatable bonds is 4. The average Bonchev–Trinajstić information content (AvgIpc) is 2.44. The molecule has 1 aliphatic heterocycles. The van der Waals surface area contributed by atoms with E-state index in [0.29, 0.717) is 18.6 Å². The molecule has 0 spiro atoms. The number of nitrogens with one attached hydrogen (secondary N) is 1.